The zero-order valence-corrected chi connectivity index (χ0v) is 26.4. The lowest BCUT2D eigenvalue weighted by Crippen LogP contribution is -2.33. The van der Waals surface area contributed by atoms with Gasteiger partial charge in [-0.25, -0.2) is 8.78 Å². The van der Waals surface area contributed by atoms with Crippen molar-refractivity contribution in [2.75, 3.05) is 20.6 Å². The maximum atomic E-state index is 14.0. The molecule has 0 saturated carbocycles. The average Bonchev–Trinajstić information content (AvgIpc) is 2.96. The van der Waals surface area contributed by atoms with E-state index in [0.717, 1.165) is 50.4 Å². The smallest absolute Gasteiger partial charge is 0.247 e. The van der Waals surface area contributed by atoms with Gasteiger partial charge in [-0.1, -0.05) is 81.9 Å². The van der Waals surface area contributed by atoms with Crippen molar-refractivity contribution < 1.29 is 8.78 Å². The zero-order valence-electron chi connectivity index (χ0n) is 25.5. The van der Waals surface area contributed by atoms with Gasteiger partial charge >= 0.3 is 0 Å². The number of unbranched alkanes of at least 4 members (excludes halogenated alkanes) is 1. The molecule has 2 aliphatic rings. The Bertz CT molecular complexity index is 875. The van der Waals surface area contributed by atoms with Crippen molar-refractivity contribution in [1.29, 1.82) is 5.41 Å². The number of nitrogens with zero attached hydrogens (tertiary/aromatic N) is 1. The Hall–Kier alpha value is -2.29. The maximum Gasteiger partial charge on any atom is 0.247 e. The molecule has 1 aliphatic heterocycles. The molecule has 40 heavy (non-hydrogen) atoms. The Morgan fingerprint density at radius 3 is 2.38 bits per heavy atom. The van der Waals surface area contributed by atoms with E-state index >= 15 is 0 Å². The summed E-state index contributed by atoms with van der Waals surface area (Å²) in [5.74, 6) is 0.583. The third kappa shape index (κ3) is 16.7. The van der Waals surface area contributed by atoms with Crippen molar-refractivity contribution in [3.05, 3.63) is 71.2 Å². The van der Waals surface area contributed by atoms with Gasteiger partial charge in [-0.2, -0.15) is 0 Å². The molecule has 0 amide bonds. The van der Waals surface area contributed by atoms with E-state index in [2.05, 4.69) is 66.5 Å². The Morgan fingerprint density at radius 2 is 1.90 bits per heavy atom. The molecule has 1 aliphatic carbocycles. The highest BCUT2D eigenvalue weighted by molar-refractivity contribution is 7.85. The van der Waals surface area contributed by atoms with Gasteiger partial charge in [0.05, 0.1) is 12.0 Å². The Morgan fingerprint density at radius 1 is 1.27 bits per heavy atom. The predicted octanol–water partition coefficient (Wildman–Crippen LogP) is 7.65. The first-order valence-corrected chi connectivity index (χ1v) is 14.8. The van der Waals surface area contributed by atoms with E-state index in [9.17, 15) is 8.78 Å². The number of rotatable bonds is 13. The van der Waals surface area contributed by atoms with Crippen molar-refractivity contribution in [1.82, 2.24) is 5.32 Å². The molecule has 0 fully saturated rings. The molecule has 0 aromatic rings. The van der Waals surface area contributed by atoms with Crippen molar-refractivity contribution in [2.24, 2.45) is 34.2 Å². The van der Waals surface area contributed by atoms with E-state index in [4.69, 9.17) is 11.1 Å². The summed E-state index contributed by atoms with van der Waals surface area (Å²) in [7, 11) is 3.48. The largest absolute Gasteiger partial charge is 0.384 e. The molecule has 4 atom stereocenters. The summed E-state index contributed by atoms with van der Waals surface area (Å²) in [6.45, 7) is 12.5. The van der Waals surface area contributed by atoms with Crippen LogP contribution in [0.2, 0.25) is 0 Å². The SMILES string of the molecule is C/C=C/CC/C=C/C1N=C(N)C=C(CC2=CC[C@@H](C(CC)CCNC)C=C2)C1C(F)F.C=C(S)C=N.CC.CN. The fraction of sp³-hybridized carbons (Fsp3) is 0.562. The third-order valence-electron chi connectivity index (χ3n) is 6.45. The molecule has 5 nitrogen and oxygen atoms in total. The number of dihydropyridines is 1. The van der Waals surface area contributed by atoms with Crippen LogP contribution in [0.25, 0.3) is 0 Å². The molecular formula is C32H55F2N5S. The Kier molecular flexibility index (Phi) is 25.6. The zero-order chi connectivity index (χ0) is 30.9. The first kappa shape index (κ1) is 39.9. The van der Waals surface area contributed by atoms with Crippen LogP contribution in [-0.4, -0.2) is 45.2 Å². The fourth-order valence-electron chi connectivity index (χ4n) is 4.48. The van der Waals surface area contributed by atoms with Crippen LogP contribution in [0.3, 0.4) is 0 Å². The first-order valence-electron chi connectivity index (χ1n) is 14.3. The van der Waals surface area contributed by atoms with E-state index in [0.29, 0.717) is 34.6 Å². The summed E-state index contributed by atoms with van der Waals surface area (Å²) >= 11 is 3.66. The lowest BCUT2D eigenvalue weighted by atomic mass is 9.79. The highest BCUT2D eigenvalue weighted by Crippen LogP contribution is 2.36. The van der Waals surface area contributed by atoms with E-state index in [1.165, 1.54) is 7.05 Å². The molecule has 0 saturated heterocycles. The molecular weight excluding hydrogens is 524 g/mol. The maximum absolute atomic E-state index is 14.0. The summed E-state index contributed by atoms with van der Waals surface area (Å²) in [6.07, 6.45) is 20.2. The normalized spacial score (nSPS) is 20.7. The van der Waals surface area contributed by atoms with Crippen molar-refractivity contribution in [3.8, 4) is 0 Å². The van der Waals surface area contributed by atoms with Crippen LogP contribution in [-0.2, 0) is 0 Å². The van der Waals surface area contributed by atoms with Crippen LogP contribution in [0.1, 0.15) is 66.2 Å². The van der Waals surface area contributed by atoms with E-state index in [-0.39, 0.29) is 0 Å². The predicted molar refractivity (Wildman–Crippen MR) is 177 cm³/mol. The number of allylic oxidation sites excluding steroid dienone is 8. The van der Waals surface area contributed by atoms with Gasteiger partial charge in [-0.15, -0.1) is 12.6 Å². The van der Waals surface area contributed by atoms with Crippen LogP contribution in [0.15, 0.2) is 76.2 Å². The molecule has 0 aromatic carbocycles. The number of amidine groups is 1. The number of halogens is 2. The molecule has 8 heteroatoms. The van der Waals surface area contributed by atoms with Crippen LogP contribution in [0, 0.1) is 23.2 Å². The molecule has 0 bridgehead atoms. The first-order chi connectivity index (χ1) is 19.3. The number of hydrogen-bond donors (Lipinski definition) is 5. The number of aliphatic imine (C=N–C) groups is 1. The Labute approximate surface area is 248 Å². The molecule has 228 valence electrons. The van der Waals surface area contributed by atoms with Crippen LogP contribution < -0.4 is 16.8 Å². The molecule has 2 rings (SSSR count). The van der Waals surface area contributed by atoms with E-state index < -0.39 is 18.4 Å². The van der Waals surface area contributed by atoms with Gasteiger partial charge in [0.1, 0.15) is 5.84 Å². The molecule has 3 unspecified atom stereocenters. The van der Waals surface area contributed by atoms with Crippen LogP contribution >= 0.6 is 12.6 Å². The van der Waals surface area contributed by atoms with E-state index in [1.54, 1.807) is 12.2 Å². The second-order valence-electron chi connectivity index (χ2n) is 9.11. The van der Waals surface area contributed by atoms with E-state index in [1.807, 2.05) is 40.0 Å². The summed E-state index contributed by atoms with van der Waals surface area (Å²) in [5.41, 5.74) is 12.3. The monoisotopic (exact) mass is 579 g/mol. The molecule has 6 N–H and O–H groups in total. The van der Waals surface area contributed by atoms with Gasteiger partial charge in [0.2, 0.25) is 6.43 Å². The number of hydrogen-bond acceptors (Lipinski definition) is 6. The van der Waals surface area contributed by atoms with Gasteiger partial charge in [0, 0.05) is 11.1 Å². The molecule has 0 radical (unpaired) electrons. The van der Waals surface area contributed by atoms with Crippen molar-refractivity contribution >= 4 is 24.7 Å². The minimum atomic E-state index is -2.47. The highest BCUT2D eigenvalue weighted by atomic mass is 32.1. The minimum Gasteiger partial charge on any atom is -0.384 e. The number of nitrogens with one attached hydrogen (secondary N) is 2. The third-order valence-corrected chi connectivity index (χ3v) is 6.58. The molecule has 1 heterocycles. The summed E-state index contributed by atoms with van der Waals surface area (Å²) < 4.78 is 28.0. The Balaban J connectivity index is 0. The van der Waals surface area contributed by atoms with Gasteiger partial charge < -0.3 is 22.2 Å². The van der Waals surface area contributed by atoms with Crippen molar-refractivity contribution in [2.45, 2.75) is 78.7 Å². The van der Waals surface area contributed by atoms with Gasteiger partial charge in [0.15, 0.2) is 0 Å². The number of thiol groups is 1. The average molecular weight is 580 g/mol. The highest BCUT2D eigenvalue weighted by Gasteiger charge is 2.34. The lowest BCUT2D eigenvalue weighted by Gasteiger charge is -2.29. The van der Waals surface area contributed by atoms with Crippen LogP contribution in [0.4, 0.5) is 8.78 Å². The quantitative estimate of drug-likeness (QED) is 0.0670. The second-order valence-corrected chi connectivity index (χ2v) is 9.68. The van der Waals surface area contributed by atoms with Crippen molar-refractivity contribution in [3.63, 3.8) is 0 Å². The van der Waals surface area contributed by atoms with Gasteiger partial charge in [-0.05, 0) is 83.2 Å². The number of nitrogens with two attached hydrogens (primary N) is 2. The standard InChI is InChI=1S/C26H39F2N3.C3H5NS.C2H6.CH5N/c1-4-6-7-8-9-10-23-25(26(27)28)22(18-24(29)31-23)17-19-11-13-21(14-12-19)20(5-2)15-16-30-3;1-3(5)2-4;2*1-2/h4,6,9-13,18,20-21,23,25-26,30H,5,7-8,14-17H2,1-3H3,(H2,29,31);2,4-5H,1H2;1-2H3;2H2,1H3/b6-4+,10-9+;;;/t20?,21-,23?,25?;;;/m0.../s1. The fourth-order valence-corrected chi connectivity index (χ4v) is 4.48. The number of alkyl halides is 2. The molecule has 0 spiro atoms. The minimum absolute atomic E-state index is 0.339. The van der Waals surface area contributed by atoms with Gasteiger partial charge in [0.25, 0.3) is 0 Å². The van der Waals surface area contributed by atoms with Gasteiger partial charge in [-0.3, -0.25) is 4.99 Å². The lowest BCUT2D eigenvalue weighted by molar-refractivity contribution is 0.0872. The summed E-state index contributed by atoms with van der Waals surface area (Å²) in [4.78, 5) is 4.80. The topological polar surface area (TPSA) is 100 Å². The van der Waals surface area contributed by atoms with Crippen LogP contribution in [0.5, 0.6) is 0 Å². The summed E-state index contributed by atoms with van der Waals surface area (Å²) in [5, 5.41) is 9.59. The molecule has 0 aromatic heterocycles. The summed E-state index contributed by atoms with van der Waals surface area (Å²) in [6, 6.07) is -0.599. The second kappa shape index (κ2) is 25.7.